The molecule has 5 nitrogen and oxygen atoms in total. The highest BCUT2D eigenvalue weighted by Gasteiger charge is 2.36. The molecular formula is C24H24FN3O2S. The fraction of sp³-hybridized carbons (Fsp3) is 0.292. The van der Waals surface area contributed by atoms with Crippen LogP contribution < -0.4 is 15.1 Å². The number of amides is 2. The number of nitrogens with zero attached hydrogens (tertiary/aromatic N) is 2. The van der Waals surface area contributed by atoms with Crippen LogP contribution in [0.1, 0.15) is 44.2 Å². The zero-order valence-corrected chi connectivity index (χ0v) is 18.7. The van der Waals surface area contributed by atoms with Crippen LogP contribution in [0.3, 0.4) is 0 Å². The molecule has 0 spiro atoms. The van der Waals surface area contributed by atoms with Crippen molar-refractivity contribution in [1.82, 2.24) is 5.32 Å². The molecule has 2 aliphatic heterocycles. The maximum absolute atomic E-state index is 15.1. The monoisotopic (exact) mass is 437 g/mol. The third kappa shape index (κ3) is 3.63. The molecule has 2 aliphatic rings. The van der Waals surface area contributed by atoms with Gasteiger partial charge in [0.1, 0.15) is 11.4 Å². The predicted octanol–water partition coefficient (Wildman–Crippen LogP) is 4.38. The second-order valence-corrected chi connectivity index (χ2v) is 9.09. The second kappa shape index (κ2) is 7.57. The smallest absolute Gasteiger partial charge is 0.270 e. The largest absolute Gasteiger partial charge is 0.369 e. The summed E-state index contributed by atoms with van der Waals surface area (Å²) in [6.07, 6.45) is 2.23. The SMILES string of the molecule is CC1CC(C)(C)N(C)c2cc(F)c(/C=C3/C(=O)NC(=S)N(c4ccccc4)C3=O)cc21. The van der Waals surface area contributed by atoms with Crippen LogP contribution in [0.5, 0.6) is 0 Å². The third-order valence-corrected chi connectivity index (χ3v) is 6.45. The fourth-order valence-electron chi connectivity index (χ4n) is 4.34. The summed E-state index contributed by atoms with van der Waals surface area (Å²) in [5.41, 5.74) is 2.31. The third-order valence-electron chi connectivity index (χ3n) is 6.17. The van der Waals surface area contributed by atoms with E-state index in [4.69, 9.17) is 12.2 Å². The first-order chi connectivity index (χ1) is 14.6. The van der Waals surface area contributed by atoms with E-state index >= 15 is 4.39 Å². The van der Waals surface area contributed by atoms with Gasteiger partial charge >= 0.3 is 0 Å². The molecule has 31 heavy (non-hydrogen) atoms. The molecule has 1 atom stereocenters. The van der Waals surface area contributed by atoms with Crippen molar-refractivity contribution in [1.29, 1.82) is 0 Å². The second-order valence-electron chi connectivity index (χ2n) is 8.70. The summed E-state index contributed by atoms with van der Waals surface area (Å²) >= 11 is 5.20. The van der Waals surface area contributed by atoms with Gasteiger partial charge < -0.3 is 4.90 Å². The van der Waals surface area contributed by atoms with E-state index in [1.807, 2.05) is 13.1 Å². The van der Waals surface area contributed by atoms with Crippen molar-refractivity contribution in [3.8, 4) is 0 Å². The number of anilines is 2. The maximum Gasteiger partial charge on any atom is 0.270 e. The molecule has 160 valence electrons. The number of thiocarbonyl (C=S) groups is 1. The predicted molar refractivity (Wildman–Crippen MR) is 125 cm³/mol. The van der Waals surface area contributed by atoms with Crippen LogP contribution in [0.2, 0.25) is 0 Å². The van der Waals surface area contributed by atoms with Gasteiger partial charge in [-0.3, -0.25) is 19.8 Å². The molecule has 0 radical (unpaired) electrons. The molecule has 1 saturated heterocycles. The average Bonchev–Trinajstić information content (AvgIpc) is 2.70. The van der Waals surface area contributed by atoms with Crippen LogP contribution >= 0.6 is 12.2 Å². The number of rotatable bonds is 2. The molecule has 2 heterocycles. The van der Waals surface area contributed by atoms with E-state index in [0.717, 1.165) is 17.7 Å². The Morgan fingerprint density at radius 2 is 1.87 bits per heavy atom. The van der Waals surface area contributed by atoms with Crippen LogP contribution in [-0.4, -0.2) is 29.5 Å². The quantitative estimate of drug-likeness (QED) is 0.430. The Kier molecular flexibility index (Phi) is 5.17. The molecule has 2 aromatic carbocycles. The number of fused-ring (bicyclic) bond motifs is 1. The Morgan fingerprint density at radius 1 is 1.19 bits per heavy atom. The number of nitrogens with one attached hydrogen (secondary N) is 1. The van der Waals surface area contributed by atoms with Gasteiger partial charge in [-0.05, 0) is 74.3 Å². The van der Waals surface area contributed by atoms with E-state index in [9.17, 15) is 9.59 Å². The summed E-state index contributed by atoms with van der Waals surface area (Å²) in [4.78, 5) is 29.0. The minimum absolute atomic E-state index is 0.00161. The summed E-state index contributed by atoms with van der Waals surface area (Å²) in [5, 5.41) is 2.54. The molecule has 0 saturated carbocycles. The van der Waals surface area contributed by atoms with E-state index in [0.29, 0.717) is 5.69 Å². The number of benzene rings is 2. The van der Waals surface area contributed by atoms with Gasteiger partial charge in [-0.2, -0.15) is 0 Å². The van der Waals surface area contributed by atoms with Crippen LogP contribution in [0.4, 0.5) is 15.8 Å². The lowest BCUT2D eigenvalue weighted by Gasteiger charge is -2.45. The number of carbonyl (C=O) groups is 2. The minimum atomic E-state index is -0.634. The first-order valence-electron chi connectivity index (χ1n) is 10.1. The summed E-state index contributed by atoms with van der Waals surface area (Å²) in [6, 6.07) is 12.0. The first kappa shape index (κ1) is 21.2. The Morgan fingerprint density at radius 3 is 2.55 bits per heavy atom. The van der Waals surface area contributed by atoms with Crippen LogP contribution in [-0.2, 0) is 9.59 Å². The van der Waals surface area contributed by atoms with Gasteiger partial charge in [-0.25, -0.2) is 4.39 Å². The summed E-state index contributed by atoms with van der Waals surface area (Å²) in [7, 11) is 1.96. The lowest BCUT2D eigenvalue weighted by atomic mass is 9.80. The summed E-state index contributed by atoms with van der Waals surface area (Å²) < 4.78 is 15.1. The highest BCUT2D eigenvalue weighted by molar-refractivity contribution is 7.80. The molecule has 1 N–H and O–H groups in total. The highest BCUT2D eigenvalue weighted by atomic mass is 32.1. The molecular weight excluding hydrogens is 413 g/mol. The van der Waals surface area contributed by atoms with E-state index in [1.165, 1.54) is 17.0 Å². The Bertz CT molecular complexity index is 1130. The van der Waals surface area contributed by atoms with Gasteiger partial charge in [0.25, 0.3) is 11.8 Å². The van der Waals surface area contributed by atoms with Crippen molar-refractivity contribution in [3.05, 3.63) is 65.0 Å². The van der Waals surface area contributed by atoms with Gasteiger partial charge in [0.05, 0.1) is 5.69 Å². The average molecular weight is 438 g/mol. The van der Waals surface area contributed by atoms with Crippen LogP contribution in [0, 0.1) is 5.82 Å². The zero-order chi connectivity index (χ0) is 22.5. The molecule has 0 aliphatic carbocycles. The van der Waals surface area contributed by atoms with Gasteiger partial charge in [0.15, 0.2) is 5.11 Å². The number of halogens is 1. The van der Waals surface area contributed by atoms with Gasteiger partial charge in [-0.15, -0.1) is 0 Å². The zero-order valence-electron chi connectivity index (χ0n) is 17.9. The molecule has 1 fully saturated rings. The van der Waals surface area contributed by atoms with Crippen molar-refractivity contribution in [2.75, 3.05) is 16.8 Å². The van der Waals surface area contributed by atoms with Crippen molar-refractivity contribution < 1.29 is 14.0 Å². The number of hydrogen-bond donors (Lipinski definition) is 1. The Balaban J connectivity index is 1.78. The van der Waals surface area contributed by atoms with Gasteiger partial charge in [-0.1, -0.05) is 25.1 Å². The molecule has 2 amide bonds. The summed E-state index contributed by atoms with van der Waals surface area (Å²) in [5.74, 6) is -1.49. The molecule has 0 bridgehead atoms. The first-order valence-corrected chi connectivity index (χ1v) is 10.5. The Hall–Kier alpha value is -3.06. The minimum Gasteiger partial charge on any atom is -0.369 e. The van der Waals surface area contributed by atoms with Crippen molar-refractivity contribution in [3.63, 3.8) is 0 Å². The van der Waals surface area contributed by atoms with E-state index in [1.54, 1.807) is 30.3 Å². The lowest BCUT2D eigenvalue weighted by molar-refractivity contribution is -0.122. The van der Waals surface area contributed by atoms with Crippen molar-refractivity contribution >= 4 is 46.6 Å². The molecule has 0 aromatic heterocycles. The number of para-hydroxylation sites is 1. The van der Waals surface area contributed by atoms with E-state index in [-0.39, 0.29) is 27.7 Å². The molecule has 7 heteroatoms. The Labute approximate surface area is 186 Å². The van der Waals surface area contributed by atoms with Crippen LogP contribution in [0.25, 0.3) is 6.08 Å². The normalized spacial score (nSPS) is 21.9. The van der Waals surface area contributed by atoms with Gasteiger partial charge in [0, 0.05) is 23.8 Å². The standard InChI is InChI=1S/C24H24FN3O2S/c1-14-13-24(2,3)27(4)20-12-19(25)15(10-17(14)20)11-18-21(29)26-23(31)28(22(18)30)16-8-6-5-7-9-16/h5-12,14H,13H2,1-4H3,(H,26,29,31)/b18-11-. The topological polar surface area (TPSA) is 52.7 Å². The fourth-order valence-corrected chi connectivity index (χ4v) is 4.62. The maximum atomic E-state index is 15.1. The molecule has 4 rings (SSSR count). The van der Waals surface area contributed by atoms with Crippen molar-refractivity contribution in [2.45, 2.75) is 38.6 Å². The van der Waals surface area contributed by atoms with Crippen molar-refractivity contribution in [2.24, 2.45) is 0 Å². The highest BCUT2D eigenvalue weighted by Crippen LogP contribution is 2.43. The lowest BCUT2D eigenvalue weighted by Crippen LogP contribution is -2.54. The summed E-state index contributed by atoms with van der Waals surface area (Å²) in [6.45, 7) is 6.37. The number of hydrogen-bond acceptors (Lipinski definition) is 4. The molecule has 2 aromatic rings. The van der Waals surface area contributed by atoms with Crippen LogP contribution in [0.15, 0.2) is 48.0 Å². The molecule has 1 unspecified atom stereocenters. The van der Waals surface area contributed by atoms with Gasteiger partial charge in [0.2, 0.25) is 0 Å². The van der Waals surface area contributed by atoms with E-state index < -0.39 is 17.6 Å². The number of carbonyl (C=O) groups excluding carboxylic acids is 2. The van der Waals surface area contributed by atoms with E-state index in [2.05, 4.69) is 31.0 Å².